The predicted molar refractivity (Wildman–Crippen MR) is 62.9 cm³/mol. The van der Waals surface area contributed by atoms with Gasteiger partial charge >= 0.3 is 0 Å². The molecule has 3 heteroatoms. The van der Waals surface area contributed by atoms with Crippen molar-refractivity contribution < 1.29 is 5.11 Å². The molecule has 1 fully saturated rings. The summed E-state index contributed by atoms with van der Waals surface area (Å²) >= 11 is 0. The van der Waals surface area contributed by atoms with Crippen LogP contribution in [-0.2, 0) is 0 Å². The van der Waals surface area contributed by atoms with Gasteiger partial charge in [0.1, 0.15) is 0 Å². The lowest BCUT2D eigenvalue weighted by Crippen LogP contribution is -2.37. The van der Waals surface area contributed by atoms with E-state index in [9.17, 15) is 5.11 Å². The Morgan fingerprint density at radius 3 is 2.67 bits per heavy atom. The molecule has 3 N–H and O–H groups in total. The number of anilines is 2. The van der Waals surface area contributed by atoms with Crippen LogP contribution in [-0.4, -0.2) is 23.8 Å². The zero-order valence-electron chi connectivity index (χ0n) is 9.06. The van der Waals surface area contributed by atoms with Crippen LogP contribution in [0.4, 0.5) is 11.4 Å². The van der Waals surface area contributed by atoms with Crippen LogP contribution in [0.1, 0.15) is 19.8 Å². The number of rotatable bonds is 2. The monoisotopic (exact) mass is 206 g/mol. The molecule has 0 spiro atoms. The highest BCUT2D eigenvalue weighted by molar-refractivity contribution is 5.54. The smallest absolute Gasteiger partial charge is 0.0715 e. The van der Waals surface area contributed by atoms with Crippen LogP contribution in [0.25, 0.3) is 0 Å². The molecule has 3 nitrogen and oxygen atoms in total. The number of hydrogen-bond acceptors (Lipinski definition) is 3. The minimum Gasteiger partial charge on any atom is -0.399 e. The molecule has 1 heterocycles. The lowest BCUT2D eigenvalue weighted by molar-refractivity contribution is 0.164. The summed E-state index contributed by atoms with van der Waals surface area (Å²) in [4.78, 5) is 2.27. The quantitative estimate of drug-likeness (QED) is 0.723. The van der Waals surface area contributed by atoms with Crippen molar-refractivity contribution in [3.63, 3.8) is 0 Å². The Bertz CT molecular complexity index is 321. The van der Waals surface area contributed by atoms with Gasteiger partial charge in [0.05, 0.1) is 12.1 Å². The Labute approximate surface area is 90.5 Å². The van der Waals surface area contributed by atoms with Crippen molar-refractivity contribution in [2.75, 3.05) is 17.2 Å². The molecule has 1 aliphatic heterocycles. The number of hydrogen-bond donors (Lipinski definition) is 2. The zero-order chi connectivity index (χ0) is 10.8. The van der Waals surface area contributed by atoms with Crippen LogP contribution in [0.2, 0.25) is 0 Å². The predicted octanol–water partition coefficient (Wildman–Crippen LogP) is 1.62. The molecule has 0 aliphatic carbocycles. The molecule has 0 unspecified atom stereocenters. The number of nitrogens with zero attached hydrogens (tertiary/aromatic N) is 1. The molecule has 1 aromatic carbocycles. The zero-order valence-corrected chi connectivity index (χ0v) is 9.06. The summed E-state index contributed by atoms with van der Waals surface area (Å²) in [5.41, 5.74) is 7.60. The summed E-state index contributed by atoms with van der Waals surface area (Å²) in [6.07, 6.45) is 1.95. The van der Waals surface area contributed by atoms with Crippen molar-refractivity contribution in [3.05, 3.63) is 24.3 Å². The van der Waals surface area contributed by atoms with E-state index in [1.54, 1.807) is 0 Å². The van der Waals surface area contributed by atoms with E-state index in [4.69, 9.17) is 5.73 Å². The van der Waals surface area contributed by atoms with Gasteiger partial charge in [0.2, 0.25) is 0 Å². The molecule has 0 radical (unpaired) electrons. The Hall–Kier alpha value is -1.22. The van der Waals surface area contributed by atoms with Crippen molar-refractivity contribution in [2.24, 2.45) is 0 Å². The van der Waals surface area contributed by atoms with Gasteiger partial charge in [-0.2, -0.15) is 0 Å². The first-order chi connectivity index (χ1) is 7.18. The highest BCUT2D eigenvalue weighted by Crippen LogP contribution is 2.27. The number of aliphatic hydroxyl groups is 1. The molecule has 0 saturated carbocycles. The standard InChI is InChI=1S/C12H18N2O/c1-9(15)12-3-2-8-14(12)11-6-4-10(13)5-7-11/h4-7,9,12,15H,2-3,8,13H2,1H3/t9-,12-/m1/s1. The molecule has 0 amide bonds. The summed E-state index contributed by atoms with van der Waals surface area (Å²) in [5, 5.41) is 9.67. The number of nitrogen functional groups attached to an aromatic ring is 1. The molecular weight excluding hydrogens is 188 g/mol. The summed E-state index contributed by atoms with van der Waals surface area (Å²) in [7, 11) is 0. The maximum absolute atomic E-state index is 9.67. The minimum absolute atomic E-state index is 0.258. The van der Waals surface area contributed by atoms with Gasteiger partial charge in [-0.15, -0.1) is 0 Å². The Morgan fingerprint density at radius 2 is 2.07 bits per heavy atom. The fourth-order valence-corrected chi connectivity index (χ4v) is 2.28. The number of nitrogens with two attached hydrogens (primary N) is 1. The molecular formula is C12H18N2O. The average Bonchev–Trinajstić information content (AvgIpc) is 2.67. The van der Waals surface area contributed by atoms with E-state index in [1.807, 2.05) is 31.2 Å². The third kappa shape index (κ3) is 2.07. The largest absolute Gasteiger partial charge is 0.399 e. The minimum atomic E-state index is -0.273. The summed E-state index contributed by atoms with van der Waals surface area (Å²) < 4.78 is 0. The van der Waals surface area contributed by atoms with Crippen LogP contribution in [0.3, 0.4) is 0 Å². The number of benzene rings is 1. The summed E-state index contributed by atoms with van der Waals surface area (Å²) in [6, 6.07) is 8.12. The lowest BCUT2D eigenvalue weighted by atomic mass is 10.1. The number of aliphatic hydroxyl groups excluding tert-OH is 1. The van der Waals surface area contributed by atoms with Crippen LogP contribution >= 0.6 is 0 Å². The molecule has 1 aliphatic rings. The van der Waals surface area contributed by atoms with Gasteiger partial charge in [0.25, 0.3) is 0 Å². The molecule has 82 valence electrons. The second kappa shape index (κ2) is 4.11. The second-order valence-corrected chi connectivity index (χ2v) is 4.24. The fourth-order valence-electron chi connectivity index (χ4n) is 2.28. The van der Waals surface area contributed by atoms with Gasteiger partial charge in [-0.25, -0.2) is 0 Å². The molecule has 0 bridgehead atoms. The van der Waals surface area contributed by atoms with E-state index in [0.29, 0.717) is 0 Å². The van der Waals surface area contributed by atoms with E-state index >= 15 is 0 Å². The first-order valence-corrected chi connectivity index (χ1v) is 5.49. The molecule has 15 heavy (non-hydrogen) atoms. The summed E-state index contributed by atoms with van der Waals surface area (Å²) in [6.45, 7) is 2.89. The molecule has 1 aromatic rings. The maximum Gasteiger partial charge on any atom is 0.0715 e. The van der Waals surface area contributed by atoms with Crippen molar-refractivity contribution >= 4 is 11.4 Å². The van der Waals surface area contributed by atoms with Gasteiger partial charge in [-0.05, 0) is 44.0 Å². The van der Waals surface area contributed by atoms with Crippen LogP contribution in [0, 0.1) is 0 Å². The topological polar surface area (TPSA) is 49.5 Å². The van der Waals surface area contributed by atoms with Crippen molar-refractivity contribution in [2.45, 2.75) is 31.9 Å². The van der Waals surface area contributed by atoms with E-state index in [-0.39, 0.29) is 12.1 Å². The Balaban J connectivity index is 2.19. The molecule has 2 atom stereocenters. The third-order valence-corrected chi connectivity index (χ3v) is 3.08. The average molecular weight is 206 g/mol. The fraction of sp³-hybridized carbons (Fsp3) is 0.500. The van der Waals surface area contributed by atoms with Gasteiger partial charge in [-0.3, -0.25) is 0 Å². The van der Waals surface area contributed by atoms with Gasteiger partial charge < -0.3 is 15.7 Å². The van der Waals surface area contributed by atoms with Crippen LogP contribution in [0.15, 0.2) is 24.3 Å². The summed E-state index contributed by atoms with van der Waals surface area (Å²) in [5.74, 6) is 0. The Morgan fingerprint density at radius 1 is 1.40 bits per heavy atom. The first kappa shape index (κ1) is 10.3. The Kier molecular flexibility index (Phi) is 2.82. The van der Waals surface area contributed by atoms with Gasteiger partial charge in [0.15, 0.2) is 0 Å². The van der Waals surface area contributed by atoms with Crippen molar-refractivity contribution in [1.82, 2.24) is 0 Å². The van der Waals surface area contributed by atoms with E-state index in [1.165, 1.54) is 0 Å². The van der Waals surface area contributed by atoms with Crippen molar-refractivity contribution in [3.8, 4) is 0 Å². The highest BCUT2D eigenvalue weighted by Gasteiger charge is 2.28. The highest BCUT2D eigenvalue weighted by atomic mass is 16.3. The maximum atomic E-state index is 9.67. The second-order valence-electron chi connectivity index (χ2n) is 4.24. The van der Waals surface area contributed by atoms with E-state index in [2.05, 4.69) is 4.90 Å². The lowest BCUT2D eigenvalue weighted by Gasteiger charge is -2.28. The molecule has 2 rings (SSSR count). The van der Waals surface area contributed by atoms with Gasteiger partial charge in [0, 0.05) is 17.9 Å². The first-order valence-electron chi connectivity index (χ1n) is 5.49. The molecule has 0 aromatic heterocycles. The third-order valence-electron chi connectivity index (χ3n) is 3.08. The van der Waals surface area contributed by atoms with Crippen LogP contribution in [0.5, 0.6) is 0 Å². The van der Waals surface area contributed by atoms with Gasteiger partial charge in [-0.1, -0.05) is 0 Å². The van der Waals surface area contributed by atoms with E-state index in [0.717, 1.165) is 30.8 Å². The normalized spacial score (nSPS) is 23.1. The van der Waals surface area contributed by atoms with Crippen molar-refractivity contribution in [1.29, 1.82) is 0 Å². The SMILES string of the molecule is C[C@@H](O)[C@H]1CCCN1c1ccc(N)cc1. The van der Waals surface area contributed by atoms with Crippen LogP contribution < -0.4 is 10.6 Å². The van der Waals surface area contributed by atoms with E-state index < -0.39 is 0 Å². The molecule has 1 saturated heterocycles.